The third kappa shape index (κ3) is 4.52. The van der Waals surface area contributed by atoms with Gasteiger partial charge in [0.1, 0.15) is 0 Å². The van der Waals surface area contributed by atoms with Crippen LogP contribution in [0.4, 0.5) is 0 Å². The van der Waals surface area contributed by atoms with E-state index in [9.17, 15) is 0 Å². The van der Waals surface area contributed by atoms with Crippen LogP contribution in [0, 0.1) is 17.8 Å². The number of benzene rings is 1. The lowest BCUT2D eigenvalue weighted by Gasteiger charge is -1.91. The Hall–Kier alpha value is -1.48. The average Bonchev–Trinajstić information content (AvgIpc) is 2.18. The van der Waals surface area contributed by atoms with Crippen molar-refractivity contribution in [3.8, 4) is 11.8 Å². The van der Waals surface area contributed by atoms with Gasteiger partial charge < -0.3 is 0 Å². The zero-order valence-electron chi connectivity index (χ0n) is 8.83. The van der Waals surface area contributed by atoms with Crippen molar-refractivity contribution >= 4 is 6.08 Å². The van der Waals surface area contributed by atoms with Gasteiger partial charge in [-0.3, -0.25) is 0 Å². The Morgan fingerprint density at radius 1 is 1.21 bits per heavy atom. The third-order valence-electron chi connectivity index (χ3n) is 1.77. The summed E-state index contributed by atoms with van der Waals surface area (Å²) in [5.74, 6) is 6.81. The van der Waals surface area contributed by atoms with Gasteiger partial charge in [0.15, 0.2) is 0 Å². The molecule has 0 fully saturated rings. The minimum absolute atomic E-state index is 0.660. The highest BCUT2D eigenvalue weighted by Gasteiger charge is 1.85. The second-order valence-electron chi connectivity index (χ2n) is 3.66. The van der Waals surface area contributed by atoms with Crippen LogP contribution in [0.15, 0.2) is 36.4 Å². The van der Waals surface area contributed by atoms with Crippen molar-refractivity contribution in [1.29, 1.82) is 0 Å². The van der Waals surface area contributed by atoms with Crippen LogP contribution >= 0.6 is 0 Å². The second-order valence-corrected chi connectivity index (χ2v) is 3.66. The molecule has 0 N–H and O–H groups in total. The van der Waals surface area contributed by atoms with Crippen molar-refractivity contribution in [3.63, 3.8) is 0 Å². The van der Waals surface area contributed by atoms with Crippen LogP contribution in [0.25, 0.3) is 6.08 Å². The Morgan fingerprint density at radius 2 is 1.93 bits per heavy atom. The van der Waals surface area contributed by atoms with Crippen molar-refractivity contribution < 1.29 is 0 Å². The van der Waals surface area contributed by atoms with E-state index in [2.05, 4.69) is 37.8 Å². The van der Waals surface area contributed by atoms with E-state index in [-0.39, 0.29) is 0 Å². The lowest BCUT2D eigenvalue weighted by molar-refractivity contribution is 0.676. The van der Waals surface area contributed by atoms with Gasteiger partial charge in [-0.25, -0.2) is 0 Å². The maximum Gasteiger partial charge on any atom is 0.0115 e. The lowest BCUT2D eigenvalue weighted by atomic mass is 10.1. The molecule has 0 atom stereocenters. The van der Waals surface area contributed by atoms with Gasteiger partial charge in [-0.2, -0.15) is 0 Å². The first-order valence-electron chi connectivity index (χ1n) is 4.99. The maximum absolute atomic E-state index is 3.12. The summed E-state index contributed by atoms with van der Waals surface area (Å²) in [5.41, 5.74) is 1.20. The van der Waals surface area contributed by atoms with Crippen LogP contribution in [0.5, 0.6) is 0 Å². The topological polar surface area (TPSA) is 0 Å². The van der Waals surface area contributed by atoms with Crippen molar-refractivity contribution in [2.24, 2.45) is 5.92 Å². The minimum Gasteiger partial charge on any atom is -0.0983 e. The van der Waals surface area contributed by atoms with Crippen LogP contribution in [0.1, 0.15) is 25.8 Å². The summed E-state index contributed by atoms with van der Waals surface area (Å²) < 4.78 is 0. The van der Waals surface area contributed by atoms with Crippen LogP contribution in [0.3, 0.4) is 0 Å². The molecule has 0 amide bonds. The molecule has 0 heteroatoms. The summed E-state index contributed by atoms with van der Waals surface area (Å²) in [6.07, 6.45) is 4.92. The van der Waals surface area contributed by atoms with Crippen molar-refractivity contribution in [1.82, 2.24) is 0 Å². The molecule has 14 heavy (non-hydrogen) atoms. The highest BCUT2D eigenvalue weighted by Crippen LogP contribution is 2.00. The molecule has 0 bridgehead atoms. The van der Waals surface area contributed by atoms with Crippen LogP contribution in [-0.4, -0.2) is 0 Å². The second kappa shape index (κ2) is 6.05. The van der Waals surface area contributed by atoms with E-state index in [0.717, 1.165) is 6.42 Å². The summed E-state index contributed by atoms with van der Waals surface area (Å²) in [7, 11) is 0. The van der Waals surface area contributed by atoms with E-state index in [1.165, 1.54) is 5.56 Å². The highest BCUT2D eigenvalue weighted by molar-refractivity contribution is 5.52. The molecule has 1 aromatic rings. The summed E-state index contributed by atoms with van der Waals surface area (Å²) in [6, 6.07) is 10.2. The van der Waals surface area contributed by atoms with E-state index < -0.39 is 0 Å². The van der Waals surface area contributed by atoms with Crippen molar-refractivity contribution in [2.45, 2.75) is 20.3 Å². The Balaban J connectivity index is 2.44. The molecule has 0 radical (unpaired) electrons. The highest BCUT2D eigenvalue weighted by atomic mass is 13.9. The minimum atomic E-state index is 0.660. The summed E-state index contributed by atoms with van der Waals surface area (Å²) in [4.78, 5) is 0. The first kappa shape index (κ1) is 10.6. The van der Waals surface area contributed by atoms with Gasteiger partial charge in [0.2, 0.25) is 0 Å². The summed E-state index contributed by atoms with van der Waals surface area (Å²) >= 11 is 0. The SMILES string of the molecule is CC(C)CC#C/C=C\c1ccccc1. The third-order valence-corrected chi connectivity index (χ3v) is 1.77. The van der Waals surface area contributed by atoms with Gasteiger partial charge in [0.25, 0.3) is 0 Å². The fourth-order valence-electron chi connectivity index (χ4n) is 1.02. The molecule has 0 saturated carbocycles. The quantitative estimate of drug-likeness (QED) is 0.614. The monoisotopic (exact) mass is 184 g/mol. The standard InChI is InChI=1S/C14H16/c1-13(2)9-5-3-6-10-14-11-7-4-8-12-14/h4,6-8,10-13H,9H2,1-2H3/b10-6-. The van der Waals surface area contributed by atoms with E-state index in [1.807, 2.05) is 30.4 Å². The van der Waals surface area contributed by atoms with E-state index in [1.54, 1.807) is 0 Å². The maximum atomic E-state index is 3.12. The molecule has 0 aliphatic carbocycles. The molecule has 0 aliphatic heterocycles. The molecule has 0 aromatic heterocycles. The molecular weight excluding hydrogens is 168 g/mol. The number of hydrogen-bond acceptors (Lipinski definition) is 0. The predicted molar refractivity (Wildman–Crippen MR) is 62.7 cm³/mol. The van der Waals surface area contributed by atoms with Crippen LogP contribution in [0.2, 0.25) is 0 Å². The average molecular weight is 184 g/mol. The Labute approximate surface area is 86.7 Å². The molecule has 1 rings (SSSR count). The number of allylic oxidation sites excluding steroid dienone is 1. The first-order chi connectivity index (χ1) is 6.79. The molecule has 0 aliphatic rings. The van der Waals surface area contributed by atoms with Gasteiger partial charge in [0.05, 0.1) is 0 Å². The molecule has 0 unspecified atom stereocenters. The van der Waals surface area contributed by atoms with Gasteiger partial charge in [-0.05, 0) is 23.6 Å². The molecule has 0 saturated heterocycles. The van der Waals surface area contributed by atoms with E-state index >= 15 is 0 Å². The fraction of sp³-hybridized carbons (Fsp3) is 0.286. The first-order valence-corrected chi connectivity index (χ1v) is 4.99. The molecule has 0 nitrogen and oxygen atoms in total. The normalized spacial score (nSPS) is 10.2. The Kier molecular flexibility index (Phi) is 4.58. The van der Waals surface area contributed by atoms with Crippen LogP contribution in [-0.2, 0) is 0 Å². The van der Waals surface area contributed by atoms with Crippen molar-refractivity contribution in [2.75, 3.05) is 0 Å². The van der Waals surface area contributed by atoms with Crippen molar-refractivity contribution in [3.05, 3.63) is 42.0 Å². The summed E-state index contributed by atoms with van der Waals surface area (Å²) in [5, 5.41) is 0. The molecule has 1 aromatic carbocycles. The zero-order chi connectivity index (χ0) is 10.2. The predicted octanol–water partition coefficient (Wildman–Crippen LogP) is 3.75. The Bertz CT molecular complexity index is 333. The Morgan fingerprint density at radius 3 is 2.57 bits per heavy atom. The van der Waals surface area contributed by atoms with Crippen LogP contribution < -0.4 is 0 Å². The van der Waals surface area contributed by atoms with Gasteiger partial charge >= 0.3 is 0 Å². The molecule has 0 spiro atoms. The lowest BCUT2D eigenvalue weighted by Crippen LogP contribution is -1.80. The van der Waals surface area contributed by atoms with Gasteiger partial charge in [0, 0.05) is 6.42 Å². The zero-order valence-corrected chi connectivity index (χ0v) is 8.83. The number of hydrogen-bond donors (Lipinski definition) is 0. The number of rotatable bonds is 2. The molecule has 72 valence electrons. The van der Waals surface area contributed by atoms with E-state index in [4.69, 9.17) is 0 Å². The largest absolute Gasteiger partial charge is 0.0983 e. The molecular formula is C14H16. The summed E-state index contributed by atoms with van der Waals surface area (Å²) in [6.45, 7) is 4.35. The van der Waals surface area contributed by atoms with Gasteiger partial charge in [-0.15, -0.1) is 0 Å². The smallest absolute Gasteiger partial charge is 0.0115 e. The van der Waals surface area contributed by atoms with E-state index in [0.29, 0.717) is 5.92 Å². The fourth-order valence-corrected chi connectivity index (χ4v) is 1.02. The van der Waals surface area contributed by atoms with Gasteiger partial charge in [-0.1, -0.05) is 56.0 Å². The molecule has 0 heterocycles.